The summed E-state index contributed by atoms with van der Waals surface area (Å²) in [5.41, 5.74) is 2.01. The van der Waals surface area contributed by atoms with Crippen molar-refractivity contribution < 1.29 is 17.9 Å². The SMILES string of the molecule is COC(=O)c1cc(Cl)ccc1NS(=O)(=O)c1ccc(C)c(C)c1. The molecule has 5 nitrogen and oxygen atoms in total. The number of esters is 1. The molecule has 0 fully saturated rings. The molecule has 1 N–H and O–H groups in total. The molecule has 0 aromatic heterocycles. The van der Waals surface area contributed by atoms with Gasteiger partial charge in [-0.05, 0) is 55.3 Å². The van der Waals surface area contributed by atoms with E-state index in [2.05, 4.69) is 9.46 Å². The molecule has 0 saturated heterocycles. The highest BCUT2D eigenvalue weighted by Crippen LogP contribution is 2.25. The van der Waals surface area contributed by atoms with Crippen molar-refractivity contribution in [2.24, 2.45) is 0 Å². The molecule has 0 aliphatic carbocycles. The van der Waals surface area contributed by atoms with Gasteiger partial charge in [0.25, 0.3) is 10.0 Å². The van der Waals surface area contributed by atoms with Crippen LogP contribution in [-0.4, -0.2) is 21.5 Å². The van der Waals surface area contributed by atoms with E-state index in [1.165, 1.54) is 31.4 Å². The molecule has 122 valence electrons. The van der Waals surface area contributed by atoms with Crippen LogP contribution in [0, 0.1) is 13.8 Å². The molecule has 0 aliphatic heterocycles. The zero-order valence-electron chi connectivity index (χ0n) is 12.9. The van der Waals surface area contributed by atoms with Crippen LogP contribution in [0.25, 0.3) is 0 Å². The van der Waals surface area contributed by atoms with Gasteiger partial charge in [-0.25, -0.2) is 13.2 Å². The van der Waals surface area contributed by atoms with Crippen molar-refractivity contribution in [3.8, 4) is 0 Å². The summed E-state index contributed by atoms with van der Waals surface area (Å²) in [6.45, 7) is 3.73. The molecule has 0 bridgehead atoms. The topological polar surface area (TPSA) is 72.5 Å². The lowest BCUT2D eigenvalue weighted by Crippen LogP contribution is -2.16. The second kappa shape index (κ2) is 6.60. The number of benzene rings is 2. The minimum absolute atomic E-state index is 0.0485. The third-order valence-corrected chi connectivity index (χ3v) is 5.02. The Labute approximate surface area is 140 Å². The van der Waals surface area contributed by atoms with Crippen LogP contribution < -0.4 is 4.72 Å². The van der Waals surface area contributed by atoms with Crippen LogP contribution in [0.15, 0.2) is 41.3 Å². The molecule has 0 heterocycles. The molecule has 7 heteroatoms. The van der Waals surface area contributed by atoms with Crippen molar-refractivity contribution in [1.29, 1.82) is 0 Å². The van der Waals surface area contributed by atoms with Gasteiger partial charge in [0.2, 0.25) is 0 Å². The summed E-state index contributed by atoms with van der Waals surface area (Å²) in [4.78, 5) is 11.9. The smallest absolute Gasteiger partial charge is 0.340 e. The summed E-state index contributed by atoms with van der Waals surface area (Å²) in [7, 11) is -2.62. The molecule has 2 aromatic rings. The monoisotopic (exact) mass is 353 g/mol. The lowest BCUT2D eigenvalue weighted by Gasteiger charge is -2.13. The fourth-order valence-corrected chi connectivity index (χ4v) is 3.31. The number of carbonyl (C=O) groups excluding carboxylic acids is 1. The first-order valence-corrected chi connectivity index (χ1v) is 8.58. The van der Waals surface area contributed by atoms with E-state index in [9.17, 15) is 13.2 Å². The summed E-state index contributed by atoms with van der Waals surface area (Å²) in [5, 5.41) is 0.305. The standard InChI is InChI=1S/C16H16ClNO4S/c1-10-4-6-13(8-11(10)2)23(20,21)18-15-7-5-12(17)9-14(15)16(19)22-3/h4-9,18H,1-3H3. The summed E-state index contributed by atoms with van der Waals surface area (Å²) < 4.78 is 32.1. The molecule has 0 unspecified atom stereocenters. The predicted molar refractivity (Wildman–Crippen MR) is 89.5 cm³/mol. The first kappa shape index (κ1) is 17.3. The Bertz CT molecular complexity index is 862. The maximum absolute atomic E-state index is 12.5. The number of anilines is 1. The highest BCUT2D eigenvalue weighted by molar-refractivity contribution is 7.92. The lowest BCUT2D eigenvalue weighted by molar-refractivity contribution is 0.0602. The molecule has 0 radical (unpaired) electrons. The third kappa shape index (κ3) is 3.83. The largest absolute Gasteiger partial charge is 0.465 e. The Morgan fingerprint density at radius 1 is 1.09 bits per heavy atom. The Kier molecular flexibility index (Phi) is 4.97. The van der Waals surface area contributed by atoms with Crippen LogP contribution in [0.2, 0.25) is 5.02 Å². The van der Waals surface area contributed by atoms with E-state index in [-0.39, 0.29) is 16.1 Å². The van der Waals surface area contributed by atoms with Crippen molar-refractivity contribution in [2.75, 3.05) is 11.8 Å². The number of aryl methyl sites for hydroxylation is 2. The average molecular weight is 354 g/mol. The second-order valence-corrected chi connectivity index (χ2v) is 7.15. The van der Waals surface area contributed by atoms with E-state index < -0.39 is 16.0 Å². The average Bonchev–Trinajstić information content (AvgIpc) is 2.50. The van der Waals surface area contributed by atoms with Crippen LogP contribution in [0.1, 0.15) is 21.5 Å². The molecule has 0 amide bonds. The van der Waals surface area contributed by atoms with Crippen LogP contribution in [-0.2, 0) is 14.8 Å². The Morgan fingerprint density at radius 3 is 2.39 bits per heavy atom. The van der Waals surface area contributed by atoms with Crippen LogP contribution >= 0.6 is 11.6 Å². The van der Waals surface area contributed by atoms with Gasteiger partial charge in [0.15, 0.2) is 0 Å². The molecule has 0 aliphatic rings. The van der Waals surface area contributed by atoms with E-state index in [1.54, 1.807) is 12.1 Å². The molecule has 0 spiro atoms. The van der Waals surface area contributed by atoms with Gasteiger partial charge in [0.1, 0.15) is 0 Å². The van der Waals surface area contributed by atoms with E-state index in [4.69, 9.17) is 11.6 Å². The molecular formula is C16H16ClNO4S. The van der Waals surface area contributed by atoms with Gasteiger partial charge >= 0.3 is 5.97 Å². The summed E-state index contributed by atoms with van der Waals surface area (Å²) in [6, 6.07) is 9.09. The molecule has 2 aromatic carbocycles. The van der Waals surface area contributed by atoms with Crippen molar-refractivity contribution in [3.63, 3.8) is 0 Å². The number of ether oxygens (including phenoxy) is 1. The highest BCUT2D eigenvalue weighted by atomic mass is 35.5. The first-order valence-electron chi connectivity index (χ1n) is 6.72. The number of methoxy groups -OCH3 is 1. The van der Waals surface area contributed by atoms with Gasteiger partial charge in [0, 0.05) is 5.02 Å². The summed E-state index contributed by atoms with van der Waals surface area (Å²) in [5.74, 6) is -0.676. The Hall–Kier alpha value is -2.05. The number of carbonyl (C=O) groups is 1. The normalized spacial score (nSPS) is 11.1. The van der Waals surface area contributed by atoms with Gasteiger partial charge < -0.3 is 4.74 Å². The Morgan fingerprint density at radius 2 is 1.78 bits per heavy atom. The quantitative estimate of drug-likeness (QED) is 0.853. The number of nitrogens with one attached hydrogen (secondary N) is 1. The lowest BCUT2D eigenvalue weighted by atomic mass is 10.1. The van der Waals surface area contributed by atoms with Crippen molar-refractivity contribution in [1.82, 2.24) is 0 Å². The molecule has 0 atom stereocenters. The van der Waals surface area contributed by atoms with Crippen LogP contribution in [0.3, 0.4) is 0 Å². The maximum Gasteiger partial charge on any atom is 0.340 e. The maximum atomic E-state index is 12.5. The van der Waals surface area contributed by atoms with Gasteiger partial charge in [-0.15, -0.1) is 0 Å². The van der Waals surface area contributed by atoms with Gasteiger partial charge in [0.05, 0.1) is 23.3 Å². The van der Waals surface area contributed by atoms with Gasteiger partial charge in [-0.2, -0.15) is 0 Å². The minimum atomic E-state index is -3.83. The summed E-state index contributed by atoms with van der Waals surface area (Å²) in [6.07, 6.45) is 0. The number of rotatable bonds is 4. The fourth-order valence-electron chi connectivity index (χ4n) is 1.97. The zero-order chi connectivity index (χ0) is 17.2. The number of hydrogen-bond acceptors (Lipinski definition) is 4. The van der Waals surface area contributed by atoms with Crippen LogP contribution in [0.4, 0.5) is 5.69 Å². The highest BCUT2D eigenvalue weighted by Gasteiger charge is 2.20. The Balaban J connectivity index is 2.45. The van der Waals surface area contributed by atoms with Gasteiger partial charge in [-0.1, -0.05) is 17.7 Å². The van der Waals surface area contributed by atoms with E-state index in [0.29, 0.717) is 5.02 Å². The number of sulfonamides is 1. The van der Waals surface area contributed by atoms with Gasteiger partial charge in [-0.3, -0.25) is 4.72 Å². The first-order chi connectivity index (χ1) is 10.7. The predicted octanol–water partition coefficient (Wildman–Crippen LogP) is 3.54. The molecule has 2 rings (SSSR count). The van der Waals surface area contributed by atoms with E-state index >= 15 is 0 Å². The number of hydrogen-bond donors (Lipinski definition) is 1. The number of halogens is 1. The summed E-state index contributed by atoms with van der Waals surface area (Å²) >= 11 is 5.86. The minimum Gasteiger partial charge on any atom is -0.465 e. The second-order valence-electron chi connectivity index (χ2n) is 5.03. The molecule has 23 heavy (non-hydrogen) atoms. The van der Waals surface area contributed by atoms with E-state index in [1.807, 2.05) is 13.8 Å². The molecular weight excluding hydrogens is 338 g/mol. The van der Waals surface area contributed by atoms with E-state index in [0.717, 1.165) is 11.1 Å². The van der Waals surface area contributed by atoms with Crippen molar-refractivity contribution in [2.45, 2.75) is 18.7 Å². The fraction of sp³-hybridized carbons (Fsp3) is 0.188. The van der Waals surface area contributed by atoms with Crippen LogP contribution in [0.5, 0.6) is 0 Å². The third-order valence-electron chi connectivity index (χ3n) is 3.42. The van der Waals surface area contributed by atoms with Crippen molar-refractivity contribution in [3.05, 3.63) is 58.1 Å². The zero-order valence-corrected chi connectivity index (χ0v) is 14.5. The van der Waals surface area contributed by atoms with Crippen molar-refractivity contribution >= 4 is 33.3 Å². The molecule has 0 saturated carbocycles.